The molecule has 0 aliphatic rings. The molecule has 12 heteroatoms. The van der Waals surface area contributed by atoms with Crippen LogP contribution in [0.15, 0.2) is 23.1 Å². The molecule has 0 aliphatic carbocycles. The molecular formula is C15H22N2O9S. The fraction of sp³-hybridized carbons (Fsp3) is 0.467. The minimum Gasteiger partial charge on any atom is -0.486 e. The third kappa shape index (κ3) is 10.6. The first-order chi connectivity index (χ1) is 12.1. The molecule has 0 saturated heterocycles. The highest BCUT2D eigenvalue weighted by Crippen LogP contribution is 2.29. The summed E-state index contributed by atoms with van der Waals surface area (Å²) >= 11 is 0. The average molecular weight is 406 g/mol. The van der Waals surface area contributed by atoms with Gasteiger partial charge in [-0.25, -0.2) is 13.2 Å². The number of carboxylic acid groups (broad SMARTS) is 1. The van der Waals surface area contributed by atoms with Crippen molar-refractivity contribution in [2.24, 2.45) is 5.73 Å². The summed E-state index contributed by atoms with van der Waals surface area (Å²) < 4.78 is 32.1. The minimum atomic E-state index is -3.56. The number of hydrogen-bond acceptors (Lipinski definition) is 8. The van der Waals surface area contributed by atoms with E-state index in [-0.39, 0.29) is 23.7 Å². The third-order valence-corrected chi connectivity index (χ3v) is 3.65. The SMILES string of the molecule is CC(C)(C)OC(N)=O.CS(=O)(=O)c1ccc(OCCC(=O)O)c([N+](=O)[O-])c1. The Labute approximate surface area is 156 Å². The first kappa shape index (κ1) is 24.1. The number of nitro groups is 1. The van der Waals surface area contributed by atoms with Crippen LogP contribution in [0.4, 0.5) is 10.5 Å². The van der Waals surface area contributed by atoms with E-state index in [0.29, 0.717) is 0 Å². The molecule has 1 aromatic carbocycles. The van der Waals surface area contributed by atoms with Crippen LogP contribution in [0, 0.1) is 10.1 Å². The van der Waals surface area contributed by atoms with Crippen molar-refractivity contribution in [3.05, 3.63) is 28.3 Å². The number of sulfone groups is 1. The maximum Gasteiger partial charge on any atom is 0.405 e. The smallest absolute Gasteiger partial charge is 0.405 e. The van der Waals surface area contributed by atoms with Crippen molar-refractivity contribution in [2.45, 2.75) is 37.7 Å². The van der Waals surface area contributed by atoms with E-state index in [1.165, 1.54) is 6.07 Å². The number of benzene rings is 1. The minimum absolute atomic E-state index is 0.168. The zero-order valence-electron chi connectivity index (χ0n) is 15.3. The number of ether oxygens (including phenoxy) is 2. The number of aliphatic carboxylic acids is 1. The molecule has 1 rings (SSSR count). The number of nitro benzene ring substituents is 1. The summed E-state index contributed by atoms with van der Waals surface area (Å²) in [7, 11) is -3.56. The highest BCUT2D eigenvalue weighted by molar-refractivity contribution is 7.90. The number of carboxylic acids is 1. The molecule has 3 N–H and O–H groups in total. The van der Waals surface area contributed by atoms with Gasteiger partial charge in [-0.3, -0.25) is 14.9 Å². The number of hydrogen-bond donors (Lipinski definition) is 2. The van der Waals surface area contributed by atoms with Gasteiger partial charge in [-0.15, -0.1) is 0 Å². The summed E-state index contributed by atoms with van der Waals surface area (Å²) in [4.78, 5) is 30.1. The van der Waals surface area contributed by atoms with E-state index >= 15 is 0 Å². The second-order valence-corrected chi connectivity index (χ2v) is 8.20. The van der Waals surface area contributed by atoms with Crippen molar-refractivity contribution < 1.29 is 37.5 Å². The van der Waals surface area contributed by atoms with Gasteiger partial charge in [0.1, 0.15) is 5.60 Å². The van der Waals surface area contributed by atoms with Crippen LogP contribution in [0.5, 0.6) is 5.75 Å². The van der Waals surface area contributed by atoms with Gasteiger partial charge in [0.15, 0.2) is 15.6 Å². The molecule has 0 radical (unpaired) electrons. The van der Waals surface area contributed by atoms with E-state index in [0.717, 1.165) is 18.4 Å². The number of carbonyl (C=O) groups is 2. The van der Waals surface area contributed by atoms with Gasteiger partial charge in [-0.05, 0) is 32.9 Å². The Kier molecular flexibility index (Phi) is 8.67. The van der Waals surface area contributed by atoms with Crippen LogP contribution in [0.1, 0.15) is 27.2 Å². The van der Waals surface area contributed by atoms with E-state index < -0.39 is 38.1 Å². The van der Waals surface area contributed by atoms with Crippen molar-refractivity contribution in [1.29, 1.82) is 0 Å². The summed E-state index contributed by atoms with van der Waals surface area (Å²) in [6.45, 7) is 5.04. The topological polar surface area (TPSA) is 176 Å². The largest absolute Gasteiger partial charge is 0.486 e. The van der Waals surface area contributed by atoms with Gasteiger partial charge in [0, 0.05) is 12.3 Å². The summed E-state index contributed by atoms with van der Waals surface area (Å²) in [6.07, 6.45) is -0.111. The summed E-state index contributed by atoms with van der Waals surface area (Å²) in [5, 5.41) is 19.2. The van der Waals surface area contributed by atoms with E-state index in [9.17, 15) is 28.1 Å². The molecule has 152 valence electrons. The van der Waals surface area contributed by atoms with Gasteiger partial charge in [0.05, 0.1) is 22.8 Å². The van der Waals surface area contributed by atoms with Crippen LogP contribution in [-0.4, -0.2) is 49.0 Å². The van der Waals surface area contributed by atoms with Crippen LogP contribution in [0.25, 0.3) is 0 Å². The van der Waals surface area contributed by atoms with Crippen LogP contribution in [0.3, 0.4) is 0 Å². The van der Waals surface area contributed by atoms with Gasteiger partial charge in [-0.1, -0.05) is 0 Å². The second-order valence-electron chi connectivity index (χ2n) is 6.18. The monoisotopic (exact) mass is 406 g/mol. The first-order valence-corrected chi connectivity index (χ1v) is 9.34. The lowest BCUT2D eigenvalue weighted by molar-refractivity contribution is -0.386. The molecule has 1 amide bonds. The van der Waals surface area contributed by atoms with Gasteiger partial charge in [-0.2, -0.15) is 0 Å². The molecule has 0 aromatic heterocycles. The number of rotatable bonds is 6. The predicted octanol–water partition coefficient (Wildman–Crippen LogP) is 1.73. The van der Waals surface area contributed by atoms with Gasteiger partial charge in [0.2, 0.25) is 0 Å². The normalized spacial score (nSPS) is 11.0. The number of nitrogens with two attached hydrogens (primary N) is 1. The molecule has 0 spiro atoms. The maximum absolute atomic E-state index is 11.3. The molecular weight excluding hydrogens is 384 g/mol. The van der Waals surface area contributed by atoms with E-state index in [2.05, 4.69) is 4.74 Å². The van der Waals surface area contributed by atoms with Crippen LogP contribution in [0.2, 0.25) is 0 Å². The zero-order chi connectivity index (χ0) is 21.4. The summed E-state index contributed by atoms with van der Waals surface area (Å²) in [5.41, 5.74) is 3.74. The van der Waals surface area contributed by atoms with Crippen molar-refractivity contribution in [1.82, 2.24) is 0 Å². The second kappa shape index (κ2) is 9.71. The molecule has 11 nitrogen and oxygen atoms in total. The Morgan fingerprint density at radius 1 is 1.30 bits per heavy atom. The molecule has 0 atom stereocenters. The molecule has 0 bridgehead atoms. The highest BCUT2D eigenvalue weighted by atomic mass is 32.2. The number of amides is 1. The molecule has 0 saturated carbocycles. The van der Waals surface area contributed by atoms with Crippen molar-refractivity contribution in [2.75, 3.05) is 12.9 Å². The molecule has 0 aliphatic heterocycles. The molecule has 1 aromatic rings. The van der Waals surface area contributed by atoms with Crippen molar-refractivity contribution in [3.8, 4) is 5.75 Å². The Morgan fingerprint density at radius 3 is 2.19 bits per heavy atom. The van der Waals surface area contributed by atoms with Gasteiger partial charge < -0.3 is 20.3 Å². The predicted molar refractivity (Wildman–Crippen MR) is 94.4 cm³/mol. The Morgan fingerprint density at radius 2 is 1.85 bits per heavy atom. The average Bonchev–Trinajstić information content (AvgIpc) is 2.43. The number of primary amides is 1. The van der Waals surface area contributed by atoms with Gasteiger partial charge in [0.25, 0.3) is 0 Å². The van der Waals surface area contributed by atoms with Crippen molar-refractivity contribution >= 4 is 27.6 Å². The Balaban J connectivity index is 0.000000713. The Hall–Kier alpha value is -2.89. The Bertz CT molecular complexity index is 798. The highest BCUT2D eigenvalue weighted by Gasteiger charge is 2.20. The van der Waals surface area contributed by atoms with Crippen LogP contribution >= 0.6 is 0 Å². The maximum atomic E-state index is 11.3. The van der Waals surface area contributed by atoms with E-state index in [1.807, 2.05) is 0 Å². The van der Waals surface area contributed by atoms with Crippen LogP contribution < -0.4 is 10.5 Å². The molecule has 0 heterocycles. The molecule has 27 heavy (non-hydrogen) atoms. The quantitative estimate of drug-likeness (QED) is 0.526. The lowest BCUT2D eigenvalue weighted by Crippen LogP contribution is -2.27. The summed E-state index contributed by atoms with van der Waals surface area (Å²) in [6, 6.07) is 3.18. The molecule has 0 unspecified atom stereocenters. The molecule has 0 fully saturated rings. The summed E-state index contributed by atoms with van der Waals surface area (Å²) in [5.74, 6) is -1.27. The van der Waals surface area contributed by atoms with Crippen LogP contribution in [-0.2, 0) is 19.4 Å². The van der Waals surface area contributed by atoms with E-state index in [4.69, 9.17) is 15.6 Å². The lowest BCUT2D eigenvalue weighted by Gasteiger charge is -2.16. The van der Waals surface area contributed by atoms with Gasteiger partial charge >= 0.3 is 17.7 Å². The van der Waals surface area contributed by atoms with Crippen molar-refractivity contribution in [3.63, 3.8) is 0 Å². The number of nitrogens with zero attached hydrogens (tertiary/aromatic N) is 1. The fourth-order valence-corrected chi connectivity index (χ4v) is 2.18. The standard InChI is InChI=1S/C10H11NO7S.C5H11NO2/c1-19(16,17)7-2-3-9(8(6-7)11(14)15)18-5-4-10(12)13;1-5(2,3)8-4(6)7/h2-3,6H,4-5H2,1H3,(H,12,13);1-3H3,(H2,6,7). The third-order valence-electron chi connectivity index (χ3n) is 2.54. The first-order valence-electron chi connectivity index (χ1n) is 7.45. The number of carbonyl (C=O) groups excluding carboxylic acids is 1. The lowest BCUT2D eigenvalue weighted by atomic mass is 10.2. The fourth-order valence-electron chi connectivity index (χ4n) is 1.54. The van der Waals surface area contributed by atoms with E-state index in [1.54, 1.807) is 20.8 Å². The zero-order valence-corrected chi connectivity index (χ0v) is 16.1.